The minimum Gasteiger partial charge on any atom is -0.451 e. The van der Waals surface area contributed by atoms with Gasteiger partial charge in [0, 0.05) is 0 Å². The van der Waals surface area contributed by atoms with Crippen molar-refractivity contribution in [3.8, 4) is 0 Å². The topological polar surface area (TPSA) is 106 Å². The Bertz CT molecular complexity index is 290. The zero-order valence-corrected chi connectivity index (χ0v) is 6.67. The van der Waals surface area contributed by atoms with Crippen LogP contribution in [0.1, 0.15) is 12.8 Å². The molecule has 0 aromatic carbocycles. The Balaban J connectivity index is 2.44. The quantitative estimate of drug-likeness (QED) is 0.113. The first-order valence-electron chi connectivity index (χ1n) is 3.68. The van der Waals surface area contributed by atoms with Crippen molar-refractivity contribution in [2.45, 2.75) is 12.8 Å². The highest BCUT2D eigenvalue weighted by molar-refractivity contribution is 6.28. The van der Waals surface area contributed by atoms with Crippen molar-refractivity contribution in [1.29, 1.82) is 0 Å². The number of nitro groups is 1. The number of esters is 1. The third kappa shape index (κ3) is 2.64. The van der Waals surface area contributed by atoms with Crippen LogP contribution in [0.4, 0.5) is 0 Å². The van der Waals surface area contributed by atoms with Gasteiger partial charge in [-0.05, 0) is 18.8 Å². The first-order valence-corrected chi connectivity index (χ1v) is 3.68. The summed E-state index contributed by atoms with van der Waals surface area (Å²) in [5, 5.41) is 10.0. The van der Waals surface area contributed by atoms with E-state index < -0.39 is 16.7 Å². The molecule has 0 N–H and O–H groups in total. The Labute approximate surface area is 73.1 Å². The van der Waals surface area contributed by atoms with Crippen LogP contribution in [0.15, 0.2) is 0 Å². The summed E-state index contributed by atoms with van der Waals surface area (Å²) in [6.45, 7) is 0.158. The lowest BCUT2D eigenvalue weighted by molar-refractivity contribution is -0.383. The van der Waals surface area contributed by atoms with Gasteiger partial charge in [-0.15, -0.1) is 0 Å². The molecule has 0 radical (unpaired) electrons. The maximum atomic E-state index is 10.8. The van der Waals surface area contributed by atoms with Crippen LogP contribution in [0.5, 0.6) is 0 Å². The Hall–Kier alpha value is -1.75. The molecule has 1 fully saturated rings. The van der Waals surface area contributed by atoms with E-state index in [0.29, 0.717) is 5.92 Å². The first-order chi connectivity index (χ1) is 6.15. The van der Waals surface area contributed by atoms with Crippen molar-refractivity contribution in [3.63, 3.8) is 0 Å². The number of rotatable bonds is 2. The molecular weight excluding hydrogens is 178 g/mol. The second kappa shape index (κ2) is 3.77. The fourth-order valence-electron chi connectivity index (χ4n) is 0.694. The summed E-state index contributed by atoms with van der Waals surface area (Å²) >= 11 is 0. The van der Waals surface area contributed by atoms with Gasteiger partial charge in [0.15, 0.2) is 4.92 Å². The molecule has 0 unspecified atom stereocenters. The van der Waals surface area contributed by atoms with Crippen LogP contribution in [0, 0.1) is 16.0 Å². The minimum absolute atomic E-state index is 0.158. The molecule has 0 aliphatic heterocycles. The molecule has 7 nitrogen and oxygen atoms in total. The fourth-order valence-corrected chi connectivity index (χ4v) is 0.694. The number of nitrogens with zero attached hydrogens (tertiary/aromatic N) is 3. The molecule has 0 aromatic rings. The van der Waals surface area contributed by atoms with Gasteiger partial charge in [0.05, 0.1) is 6.61 Å². The second-order valence-corrected chi connectivity index (χ2v) is 2.72. The average Bonchev–Trinajstić information content (AvgIpc) is 2.84. The lowest BCUT2D eigenvalue weighted by atomic mass is 10.5. The Morgan fingerprint density at radius 2 is 2.31 bits per heavy atom. The van der Waals surface area contributed by atoms with Crippen molar-refractivity contribution in [2.75, 3.05) is 6.61 Å². The van der Waals surface area contributed by atoms with E-state index in [0.717, 1.165) is 12.8 Å². The van der Waals surface area contributed by atoms with Crippen LogP contribution in [0.3, 0.4) is 0 Å². The molecule has 1 aliphatic rings. The second-order valence-electron chi connectivity index (χ2n) is 2.72. The fraction of sp³-hybridized carbons (Fsp3) is 0.667. The van der Waals surface area contributed by atoms with E-state index in [9.17, 15) is 14.9 Å². The molecule has 1 rings (SSSR count). The number of carbonyl (C=O) groups is 1. The van der Waals surface area contributed by atoms with Crippen LogP contribution in [0.2, 0.25) is 0 Å². The predicted molar refractivity (Wildman–Crippen MR) is 39.3 cm³/mol. The van der Waals surface area contributed by atoms with Crippen LogP contribution >= 0.6 is 0 Å². The molecule has 0 atom stereocenters. The van der Waals surface area contributed by atoms with Gasteiger partial charge in [0.2, 0.25) is 0 Å². The number of hydrogen-bond acceptors (Lipinski definition) is 4. The average molecular weight is 185 g/mol. The lowest BCUT2D eigenvalue weighted by Gasteiger charge is -1.94. The first kappa shape index (κ1) is 9.34. The number of carbonyl (C=O) groups excluding carboxylic acids is 1. The Morgan fingerprint density at radius 1 is 1.69 bits per heavy atom. The van der Waals surface area contributed by atoms with Gasteiger partial charge in [0.25, 0.3) is 0 Å². The highest BCUT2D eigenvalue weighted by Gasteiger charge is 2.37. The van der Waals surface area contributed by atoms with Gasteiger partial charge in [-0.2, -0.15) is 0 Å². The van der Waals surface area contributed by atoms with E-state index in [1.54, 1.807) is 0 Å². The van der Waals surface area contributed by atoms with Gasteiger partial charge in [-0.3, -0.25) is 10.1 Å². The van der Waals surface area contributed by atoms with E-state index >= 15 is 0 Å². The molecule has 0 aromatic heterocycles. The maximum absolute atomic E-state index is 10.8. The highest BCUT2D eigenvalue weighted by Crippen LogP contribution is 2.28. The molecule has 0 spiro atoms. The van der Waals surface area contributed by atoms with E-state index in [2.05, 4.69) is 9.53 Å². The zero-order valence-electron chi connectivity index (χ0n) is 6.67. The predicted octanol–water partition coefficient (Wildman–Crippen LogP) is -0.155. The molecule has 7 heteroatoms. The van der Waals surface area contributed by atoms with Crippen molar-refractivity contribution >= 4 is 11.8 Å². The number of ether oxygens (including phenoxy) is 1. The molecule has 0 amide bonds. The SMILES string of the molecule is [N-]=[N+]=C(C(=O)OCC1CC1)[N+](=O)[O-]. The van der Waals surface area contributed by atoms with Crippen molar-refractivity contribution in [2.24, 2.45) is 5.92 Å². The third-order valence-electron chi connectivity index (χ3n) is 1.60. The molecule has 0 saturated heterocycles. The van der Waals surface area contributed by atoms with Crippen molar-refractivity contribution < 1.29 is 19.2 Å². The van der Waals surface area contributed by atoms with Gasteiger partial charge >= 0.3 is 11.8 Å². The van der Waals surface area contributed by atoms with E-state index in [1.165, 1.54) is 0 Å². The highest BCUT2D eigenvalue weighted by atomic mass is 16.6. The molecular formula is C6H7N3O4. The summed E-state index contributed by atoms with van der Waals surface area (Å²) in [5.74, 6) is -2.06. The van der Waals surface area contributed by atoms with E-state index in [-0.39, 0.29) is 6.61 Å². The van der Waals surface area contributed by atoms with E-state index in [1.807, 2.05) is 0 Å². The summed E-state index contributed by atoms with van der Waals surface area (Å²) in [6.07, 6.45) is 1.94. The Kier molecular flexibility index (Phi) is 2.71. The standard InChI is InChI=1S/C6H7N3O4/c7-8-5(9(11)12)6(10)13-3-4-1-2-4/h4H,1-3H2. The summed E-state index contributed by atoms with van der Waals surface area (Å²) in [7, 11) is 0. The summed E-state index contributed by atoms with van der Waals surface area (Å²) in [5.41, 5.74) is 8.09. The summed E-state index contributed by atoms with van der Waals surface area (Å²) in [6, 6.07) is 0. The molecule has 0 heterocycles. The Morgan fingerprint density at radius 3 is 2.69 bits per heavy atom. The normalized spacial score (nSPS) is 14.5. The van der Waals surface area contributed by atoms with E-state index in [4.69, 9.17) is 5.53 Å². The molecule has 70 valence electrons. The van der Waals surface area contributed by atoms with Crippen molar-refractivity contribution in [1.82, 2.24) is 0 Å². The smallest absolute Gasteiger partial charge is 0.451 e. The zero-order chi connectivity index (χ0) is 9.84. The van der Waals surface area contributed by atoms with Crippen LogP contribution < -0.4 is 0 Å². The largest absolute Gasteiger partial charge is 0.690 e. The maximum Gasteiger partial charge on any atom is 0.690 e. The van der Waals surface area contributed by atoms with Gasteiger partial charge in [0.1, 0.15) is 0 Å². The van der Waals surface area contributed by atoms with Crippen LogP contribution in [0.25, 0.3) is 5.53 Å². The lowest BCUT2D eigenvalue weighted by Crippen LogP contribution is -2.27. The summed E-state index contributed by atoms with van der Waals surface area (Å²) < 4.78 is 4.51. The van der Waals surface area contributed by atoms with Gasteiger partial charge in [-0.1, -0.05) is 4.79 Å². The molecule has 1 saturated carbocycles. The summed E-state index contributed by atoms with van der Waals surface area (Å²) in [4.78, 5) is 22.0. The number of hydrogen-bond donors (Lipinski definition) is 0. The minimum atomic E-state index is -1.19. The van der Waals surface area contributed by atoms with Gasteiger partial charge < -0.3 is 10.3 Å². The van der Waals surface area contributed by atoms with Crippen LogP contribution in [-0.2, 0) is 9.53 Å². The van der Waals surface area contributed by atoms with Crippen LogP contribution in [-0.4, -0.2) is 28.1 Å². The third-order valence-corrected chi connectivity index (χ3v) is 1.60. The van der Waals surface area contributed by atoms with Crippen molar-refractivity contribution in [3.05, 3.63) is 15.6 Å². The monoisotopic (exact) mass is 185 g/mol. The molecule has 1 aliphatic carbocycles. The molecule has 13 heavy (non-hydrogen) atoms. The van der Waals surface area contributed by atoms with Gasteiger partial charge in [-0.25, -0.2) is 4.79 Å². The number of amidine groups is 1. The molecule has 0 bridgehead atoms.